The van der Waals surface area contributed by atoms with Crippen LogP contribution in [0.5, 0.6) is 0 Å². The van der Waals surface area contributed by atoms with Crippen LogP contribution in [0.1, 0.15) is 5.56 Å². The van der Waals surface area contributed by atoms with Gasteiger partial charge in [-0.2, -0.15) is 4.73 Å². The first-order chi connectivity index (χ1) is 14.5. The van der Waals surface area contributed by atoms with Crippen LogP contribution in [0.15, 0.2) is 73.1 Å². The Balaban J connectivity index is 1.79. The molecule has 2 heterocycles. The molecule has 30 heavy (non-hydrogen) atoms. The van der Waals surface area contributed by atoms with Gasteiger partial charge in [0, 0.05) is 35.6 Å². The Labute approximate surface area is 171 Å². The van der Waals surface area contributed by atoms with E-state index in [0.717, 1.165) is 10.3 Å². The quantitative estimate of drug-likeness (QED) is 0.440. The number of nitrogens with one attached hydrogen (secondary N) is 1. The van der Waals surface area contributed by atoms with Gasteiger partial charge in [0.2, 0.25) is 0 Å². The third-order valence-corrected chi connectivity index (χ3v) is 4.60. The molecule has 2 amide bonds. The number of rotatable bonds is 5. The number of aromatic nitrogens is 3. The van der Waals surface area contributed by atoms with E-state index in [1.165, 1.54) is 12.1 Å². The van der Waals surface area contributed by atoms with Crippen molar-refractivity contribution in [1.82, 2.24) is 20.0 Å². The molecule has 0 aliphatic heterocycles. The minimum Gasteiger partial charge on any atom is -0.426 e. The molecule has 0 atom stereocenters. The maximum atomic E-state index is 13.4. The largest absolute Gasteiger partial charge is 0.426 e. The molecule has 0 fully saturated rings. The summed E-state index contributed by atoms with van der Waals surface area (Å²) in [4.78, 5) is 19.5. The number of primary amides is 1. The molecule has 7 nitrogen and oxygen atoms in total. The van der Waals surface area contributed by atoms with Gasteiger partial charge >= 0.3 is 6.03 Å². The van der Waals surface area contributed by atoms with E-state index in [1.807, 2.05) is 12.1 Å². The maximum absolute atomic E-state index is 13.4. The van der Waals surface area contributed by atoms with Crippen LogP contribution < -0.4 is 11.1 Å². The van der Waals surface area contributed by atoms with E-state index in [4.69, 9.17) is 5.73 Å². The van der Waals surface area contributed by atoms with E-state index in [1.54, 1.807) is 48.8 Å². The van der Waals surface area contributed by atoms with Gasteiger partial charge in [0.15, 0.2) is 5.82 Å². The van der Waals surface area contributed by atoms with Gasteiger partial charge < -0.3 is 16.3 Å². The van der Waals surface area contributed by atoms with E-state index in [9.17, 15) is 14.4 Å². The molecule has 150 valence electrons. The molecule has 0 aliphatic rings. The van der Waals surface area contributed by atoms with Crippen LogP contribution in [0.4, 0.5) is 9.18 Å². The standard InChI is InChI=1S/C22H18FN5O2/c23-18-7-5-15(6-8-18)19-20(16-9-11-25-12-10-16)28(30)21(27-19)17-3-1-14(2-4-17)13-26-22(24)29/h1-12,30H,13H2,(H3,24,26,29). The number of nitrogens with zero attached hydrogens (tertiary/aromatic N) is 3. The fraction of sp³-hybridized carbons (Fsp3) is 0.0455. The molecule has 0 saturated carbocycles. The zero-order valence-electron chi connectivity index (χ0n) is 15.8. The van der Waals surface area contributed by atoms with Crippen molar-refractivity contribution in [1.29, 1.82) is 0 Å². The van der Waals surface area contributed by atoms with Crippen LogP contribution in [0, 0.1) is 5.82 Å². The molecular formula is C22H18FN5O2. The second-order valence-corrected chi connectivity index (χ2v) is 6.60. The van der Waals surface area contributed by atoms with Crippen molar-refractivity contribution < 1.29 is 14.4 Å². The Morgan fingerprint density at radius 1 is 0.967 bits per heavy atom. The van der Waals surface area contributed by atoms with E-state index >= 15 is 0 Å². The molecule has 2 aromatic heterocycles. The molecule has 8 heteroatoms. The van der Waals surface area contributed by atoms with Crippen LogP contribution in [-0.2, 0) is 6.54 Å². The zero-order chi connectivity index (χ0) is 21.1. The normalized spacial score (nSPS) is 10.7. The van der Waals surface area contributed by atoms with Gasteiger partial charge in [-0.1, -0.05) is 24.3 Å². The predicted molar refractivity (Wildman–Crippen MR) is 110 cm³/mol. The van der Waals surface area contributed by atoms with Gasteiger partial charge in [0.1, 0.15) is 17.2 Å². The summed E-state index contributed by atoms with van der Waals surface area (Å²) in [7, 11) is 0. The number of hydrogen-bond acceptors (Lipinski definition) is 4. The van der Waals surface area contributed by atoms with Gasteiger partial charge in [-0.25, -0.2) is 14.2 Å². The lowest BCUT2D eigenvalue weighted by Crippen LogP contribution is -2.28. The summed E-state index contributed by atoms with van der Waals surface area (Å²) >= 11 is 0. The highest BCUT2D eigenvalue weighted by atomic mass is 19.1. The Morgan fingerprint density at radius 3 is 2.23 bits per heavy atom. The van der Waals surface area contributed by atoms with Crippen LogP contribution in [0.2, 0.25) is 0 Å². The van der Waals surface area contributed by atoms with Gasteiger partial charge in [-0.15, -0.1) is 0 Å². The average Bonchev–Trinajstić information content (AvgIpc) is 3.11. The van der Waals surface area contributed by atoms with E-state index in [2.05, 4.69) is 15.3 Å². The van der Waals surface area contributed by atoms with Crippen LogP contribution in [0.3, 0.4) is 0 Å². The molecule has 0 bridgehead atoms. The number of hydrogen-bond donors (Lipinski definition) is 3. The highest BCUT2D eigenvalue weighted by Crippen LogP contribution is 2.35. The molecule has 0 saturated heterocycles. The number of pyridine rings is 1. The minimum atomic E-state index is -0.601. The monoisotopic (exact) mass is 403 g/mol. The van der Waals surface area contributed by atoms with Crippen molar-refractivity contribution in [2.75, 3.05) is 0 Å². The second-order valence-electron chi connectivity index (χ2n) is 6.60. The van der Waals surface area contributed by atoms with Crippen molar-refractivity contribution in [3.8, 4) is 33.9 Å². The lowest BCUT2D eigenvalue weighted by atomic mass is 10.1. The maximum Gasteiger partial charge on any atom is 0.312 e. The first kappa shape index (κ1) is 19.1. The Kier molecular flexibility index (Phi) is 5.13. The molecule has 4 rings (SSSR count). The van der Waals surface area contributed by atoms with Gasteiger partial charge in [0.25, 0.3) is 0 Å². The number of amides is 2. The summed E-state index contributed by atoms with van der Waals surface area (Å²) in [6, 6.07) is 16.1. The Bertz CT molecular complexity index is 1170. The zero-order valence-corrected chi connectivity index (χ0v) is 15.8. The third-order valence-electron chi connectivity index (χ3n) is 4.60. The number of carbonyl (C=O) groups is 1. The SMILES string of the molecule is NC(=O)NCc1ccc(-c2nc(-c3ccc(F)cc3)c(-c3ccncc3)n2O)cc1. The number of halogens is 1. The molecule has 0 spiro atoms. The van der Waals surface area contributed by atoms with E-state index < -0.39 is 6.03 Å². The van der Waals surface area contributed by atoms with Crippen molar-refractivity contribution in [2.45, 2.75) is 6.54 Å². The number of benzene rings is 2. The second kappa shape index (κ2) is 8.04. The molecule has 0 unspecified atom stereocenters. The average molecular weight is 403 g/mol. The highest BCUT2D eigenvalue weighted by molar-refractivity contribution is 5.81. The summed E-state index contributed by atoms with van der Waals surface area (Å²) < 4.78 is 14.4. The molecule has 0 radical (unpaired) electrons. The number of carbonyl (C=O) groups excluding carboxylic acids is 1. The summed E-state index contributed by atoms with van der Waals surface area (Å²) in [5, 5.41) is 13.5. The van der Waals surface area contributed by atoms with Gasteiger partial charge in [-0.3, -0.25) is 4.98 Å². The van der Waals surface area contributed by atoms with Crippen molar-refractivity contribution in [2.24, 2.45) is 5.73 Å². The fourth-order valence-electron chi connectivity index (χ4n) is 3.14. The van der Waals surface area contributed by atoms with E-state index in [-0.39, 0.29) is 5.82 Å². The van der Waals surface area contributed by atoms with Crippen molar-refractivity contribution in [3.63, 3.8) is 0 Å². The van der Waals surface area contributed by atoms with Crippen LogP contribution in [0.25, 0.3) is 33.9 Å². The Morgan fingerprint density at radius 2 is 1.60 bits per heavy atom. The van der Waals surface area contributed by atoms with E-state index in [0.29, 0.717) is 40.4 Å². The topological polar surface area (TPSA) is 106 Å². The molecule has 4 aromatic rings. The van der Waals surface area contributed by atoms with Crippen molar-refractivity contribution >= 4 is 6.03 Å². The number of urea groups is 1. The smallest absolute Gasteiger partial charge is 0.312 e. The summed E-state index contributed by atoms with van der Waals surface area (Å²) in [6.45, 7) is 0.298. The van der Waals surface area contributed by atoms with Crippen molar-refractivity contribution in [3.05, 3.63) is 84.4 Å². The lowest BCUT2D eigenvalue weighted by molar-refractivity contribution is 0.195. The van der Waals surface area contributed by atoms with Gasteiger partial charge in [-0.05, 0) is 42.0 Å². The third kappa shape index (κ3) is 3.83. The fourth-order valence-corrected chi connectivity index (χ4v) is 3.14. The molecule has 2 aromatic carbocycles. The Hall–Kier alpha value is -4.20. The summed E-state index contributed by atoms with van der Waals surface area (Å²) in [5.41, 5.74) is 8.98. The van der Waals surface area contributed by atoms with Crippen LogP contribution >= 0.6 is 0 Å². The number of imidazole rings is 1. The summed E-state index contributed by atoms with van der Waals surface area (Å²) in [5.74, 6) is -0.0245. The number of nitrogens with two attached hydrogens (primary N) is 1. The highest BCUT2D eigenvalue weighted by Gasteiger charge is 2.21. The predicted octanol–water partition coefficient (Wildman–Crippen LogP) is 3.82. The molecule has 0 aliphatic carbocycles. The first-order valence-electron chi connectivity index (χ1n) is 9.14. The molecular weight excluding hydrogens is 385 g/mol. The first-order valence-corrected chi connectivity index (χ1v) is 9.14. The van der Waals surface area contributed by atoms with Crippen LogP contribution in [-0.4, -0.2) is 25.9 Å². The minimum absolute atomic E-state index is 0.298. The lowest BCUT2D eigenvalue weighted by Gasteiger charge is -2.07. The van der Waals surface area contributed by atoms with Gasteiger partial charge in [0.05, 0.1) is 0 Å². The molecule has 4 N–H and O–H groups in total. The summed E-state index contributed by atoms with van der Waals surface area (Å²) in [6.07, 6.45) is 3.24.